The van der Waals surface area contributed by atoms with E-state index in [1.807, 2.05) is 6.26 Å². The minimum Gasteiger partial charge on any atom is -0.229 e. The maximum absolute atomic E-state index is 4.27. The molecule has 2 aromatic rings. The van der Waals surface area contributed by atoms with Crippen LogP contribution in [0.2, 0.25) is 0 Å². The first kappa shape index (κ1) is 8.97. The molecule has 0 bridgehead atoms. The van der Waals surface area contributed by atoms with Gasteiger partial charge in [0.15, 0.2) is 0 Å². The number of rotatable bonds is 1. The minimum absolute atomic E-state index is 1.09. The number of hydrogen-bond acceptors (Lipinski definition) is 4. The molecule has 0 N–H and O–H groups in total. The van der Waals surface area contributed by atoms with Gasteiger partial charge in [-0.2, -0.15) is 0 Å². The molecule has 0 aliphatic heterocycles. The SMILES string of the molecule is CSc1ncnc2sc(C)c(C)c12. The van der Waals surface area contributed by atoms with E-state index in [2.05, 4.69) is 23.8 Å². The second-order valence-electron chi connectivity index (χ2n) is 2.85. The Morgan fingerprint density at radius 1 is 1.31 bits per heavy atom. The quantitative estimate of drug-likeness (QED) is 0.534. The topological polar surface area (TPSA) is 25.8 Å². The van der Waals surface area contributed by atoms with Crippen LogP contribution in [0, 0.1) is 13.8 Å². The summed E-state index contributed by atoms with van der Waals surface area (Å²) in [5.41, 5.74) is 1.32. The molecule has 0 atom stereocenters. The first-order valence-corrected chi connectivity index (χ1v) is 6.03. The summed E-state index contributed by atoms with van der Waals surface area (Å²) < 4.78 is 0. The molecule has 0 saturated carbocycles. The highest BCUT2D eigenvalue weighted by atomic mass is 32.2. The van der Waals surface area contributed by atoms with Crippen molar-refractivity contribution in [3.63, 3.8) is 0 Å². The van der Waals surface area contributed by atoms with E-state index in [4.69, 9.17) is 0 Å². The molecule has 0 saturated heterocycles. The molecule has 68 valence electrons. The van der Waals surface area contributed by atoms with Crippen LogP contribution in [0.15, 0.2) is 11.4 Å². The first-order valence-electron chi connectivity index (χ1n) is 3.98. The van der Waals surface area contributed by atoms with Gasteiger partial charge in [0.2, 0.25) is 0 Å². The fourth-order valence-corrected chi connectivity index (χ4v) is 2.97. The average molecular weight is 210 g/mol. The number of thioether (sulfide) groups is 1. The molecule has 4 heteroatoms. The fourth-order valence-electron chi connectivity index (χ4n) is 1.30. The normalized spacial score (nSPS) is 11.0. The Hall–Kier alpha value is -0.610. The second kappa shape index (κ2) is 3.27. The lowest BCUT2D eigenvalue weighted by atomic mass is 10.2. The van der Waals surface area contributed by atoms with Crippen LogP contribution in [-0.4, -0.2) is 16.2 Å². The van der Waals surface area contributed by atoms with Crippen LogP contribution in [0.1, 0.15) is 10.4 Å². The van der Waals surface area contributed by atoms with E-state index in [0.717, 1.165) is 9.86 Å². The van der Waals surface area contributed by atoms with Gasteiger partial charge in [0.1, 0.15) is 16.2 Å². The maximum atomic E-state index is 4.27. The van der Waals surface area contributed by atoms with Gasteiger partial charge < -0.3 is 0 Å². The fraction of sp³-hybridized carbons (Fsp3) is 0.333. The average Bonchev–Trinajstić information content (AvgIpc) is 2.43. The zero-order valence-corrected chi connectivity index (χ0v) is 9.42. The van der Waals surface area contributed by atoms with Crippen LogP contribution >= 0.6 is 23.1 Å². The molecule has 2 heterocycles. The van der Waals surface area contributed by atoms with Gasteiger partial charge in [-0.05, 0) is 25.7 Å². The van der Waals surface area contributed by atoms with E-state index in [1.54, 1.807) is 29.4 Å². The van der Waals surface area contributed by atoms with Gasteiger partial charge in [-0.3, -0.25) is 0 Å². The summed E-state index contributed by atoms with van der Waals surface area (Å²) in [5.74, 6) is 0. The zero-order chi connectivity index (χ0) is 9.42. The summed E-state index contributed by atoms with van der Waals surface area (Å²) in [6.45, 7) is 4.27. The Morgan fingerprint density at radius 2 is 2.08 bits per heavy atom. The van der Waals surface area contributed by atoms with E-state index in [-0.39, 0.29) is 0 Å². The van der Waals surface area contributed by atoms with Crippen LogP contribution in [0.25, 0.3) is 10.2 Å². The Kier molecular flexibility index (Phi) is 2.26. The van der Waals surface area contributed by atoms with Gasteiger partial charge in [0.05, 0.1) is 0 Å². The lowest BCUT2D eigenvalue weighted by Gasteiger charge is -1.97. The number of aromatic nitrogens is 2. The molecule has 0 amide bonds. The second-order valence-corrected chi connectivity index (χ2v) is 4.84. The molecule has 0 radical (unpaired) electrons. The highest BCUT2D eigenvalue weighted by Gasteiger charge is 2.10. The number of hydrogen-bond donors (Lipinski definition) is 0. The Bertz CT molecular complexity index is 448. The molecule has 2 aromatic heterocycles. The van der Waals surface area contributed by atoms with Crippen LogP contribution in [0.5, 0.6) is 0 Å². The minimum atomic E-state index is 1.09. The molecule has 0 unspecified atom stereocenters. The highest BCUT2D eigenvalue weighted by Crippen LogP contribution is 2.33. The van der Waals surface area contributed by atoms with Gasteiger partial charge in [0, 0.05) is 10.3 Å². The largest absolute Gasteiger partial charge is 0.229 e. The van der Waals surface area contributed by atoms with Crippen molar-refractivity contribution in [3.05, 3.63) is 16.8 Å². The summed E-state index contributed by atoms with van der Waals surface area (Å²) in [7, 11) is 0. The van der Waals surface area contributed by atoms with Gasteiger partial charge in [-0.15, -0.1) is 23.1 Å². The van der Waals surface area contributed by atoms with Gasteiger partial charge >= 0.3 is 0 Å². The molecule has 0 aliphatic rings. The molecular formula is C9H10N2S2. The highest BCUT2D eigenvalue weighted by molar-refractivity contribution is 7.98. The lowest BCUT2D eigenvalue weighted by Crippen LogP contribution is -1.83. The van der Waals surface area contributed by atoms with E-state index in [0.29, 0.717) is 0 Å². The van der Waals surface area contributed by atoms with Gasteiger partial charge in [-0.25, -0.2) is 9.97 Å². The number of aryl methyl sites for hydroxylation is 2. The Labute approximate surface area is 85.4 Å². The third-order valence-electron chi connectivity index (χ3n) is 2.12. The molecule has 2 nitrogen and oxygen atoms in total. The van der Waals surface area contributed by atoms with Crippen molar-refractivity contribution >= 4 is 33.3 Å². The smallest absolute Gasteiger partial charge is 0.128 e. The number of fused-ring (bicyclic) bond motifs is 1. The van der Waals surface area contributed by atoms with Gasteiger partial charge in [-0.1, -0.05) is 0 Å². The molecule has 0 spiro atoms. The van der Waals surface area contributed by atoms with Crippen molar-refractivity contribution < 1.29 is 0 Å². The summed E-state index contributed by atoms with van der Waals surface area (Å²) in [6.07, 6.45) is 3.69. The summed E-state index contributed by atoms with van der Waals surface area (Å²) >= 11 is 3.43. The van der Waals surface area contributed by atoms with Crippen LogP contribution in [-0.2, 0) is 0 Å². The Balaban J connectivity index is 2.87. The van der Waals surface area contributed by atoms with Gasteiger partial charge in [0.25, 0.3) is 0 Å². The third kappa shape index (κ3) is 1.34. The monoisotopic (exact) mass is 210 g/mol. The van der Waals surface area contributed by atoms with E-state index in [1.165, 1.54) is 15.8 Å². The van der Waals surface area contributed by atoms with Crippen molar-refractivity contribution in [1.29, 1.82) is 0 Å². The predicted octanol–water partition coefficient (Wildman–Crippen LogP) is 3.03. The van der Waals surface area contributed by atoms with Crippen molar-refractivity contribution in [2.45, 2.75) is 18.9 Å². The standard InChI is InChI=1S/C9H10N2S2/c1-5-6(2)13-9-7(5)8(12-3)10-4-11-9/h4H,1-3H3. The molecule has 0 fully saturated rings. The van der Waals surface area contributed by atoms with E-state index < -0.39 is 0 Å². The first-order chi connectivity index (χ1) is 6.24. The summed E-state index contributed by atoms with van der Waals surface area (Å²) in [6, 6.07) is 0. The molecule has 0 aliphatic carbocycles. The van der Waals surface area contributed by atoms with Crippen LogP contribution in [0.4, 0.5) is 0 Å². The van der Waals surface area contributed by atoms with Crippen LogP contribution in [0.3, 0.4) is 0 Å². The van der Waals surface area contributed by atoms with Crippen LogP contribution < -0.4 is 0 Å². The maximum Gasteiger partial charge on any atom is 0.128 e. The summed E-state index contributed by atoms with van der Waals surface area (Å²) in [5, 5.41) is 2.32. The number of thiophene rings is 1. The van der Waals surface area contributed by atoms with Crippen molar-refractivity contribution in [2.75, 3.05) is 6.26 Å². The lowest BCUT2D eigenvalue weighted by molar-refractivity contribution is 1.11. The van der Waals surface area contributed by atoms with Crippen molar-refractivity contribution in [3.8, 4) is 0 Å². The zero-order valence-electron chi connectivity index (χ0n) is 7.79. The van der Waals surface area contributed by atoms with Crippen molar-refractivity contribution in [1.82, 2.24) is 9.97 Å². The third-order valence-corrected chi connectivity index (χ3v) is 3.94. The predicted molar refractivity (Wildman–Crippen MR) is 58.7 cm³/mol. The summed E-state index contributed by atoms with van der Waals surface area (Å²) in [4.78, 5) is 11.0. The molecule has 0 aromatic carbocycles. The van der Waals surface area contributed by atoms with Crippen molar-refractivity contribution in [2.24, 2.45) is 0 Å². The number of nitrogens with zero attached hydrogens (tertiary/aromatic N) is 2. The molecule has 2 rings (SSSR count). The Morgan fingerprint density at radius 3 is 2.77 bits per heavy atom. The molecule has 13 heavy (non-hydrogen) atoms. The van der Waals surface area contributed by atoms with E-state index in [9.17, 15) is 0 Å². The van der Waals surface area contributed by atoms with E-state index >= 15 is 0 Å². The molecular weight excluding hydrogens is 200 g/mol.